The largest absolute Gasteiger partial charge is 0.0722 e. The summed E-state index contributed by atoms with van der Waals surface area (Å²) in [4.78, 5) is 0. The molecule has 0 spiro atoms. The van der Waals surface area contributed by atoms with Gasteiger partial charge >= 0.3 is 0 Å². The molecule has 43 heavy (non-hydrogen) atoms. The van der Waals surface area contributed by atoms with E-state index in [4.69, 9.17) is 0 Å². The minimum absolute atomic E-state index is 0.901. The second-order valence-corrected chi connectivity index (χ2v) is 11.9. The Labute approximate surface area is 249 Å². The van der Waals surface area contributed by atoms with Crippen molar-refractivity contribution in [2.75, 3.05) is 0 Å². The molecule has 0 atom stereocenters. The first kappa shape index (κ1) is 23.1. The van der Waals surface area contributed by atoms with Crippen LogP contribution in [-0.2, 0) is 0 Å². The summed E-state index contributed by atoms with van der Waals surface area (Å²) >= 11 is 0. The molecular weight excluding hydrogens is 516 g/mol. The van der Waals surface area contributed by atoms with E-state index in [1.807, 2.05) is 0 Å². The van der Waals surface area contributed by atoms with Gasteiger partial charge in [0.1, 0.15) is 0 Å². The molecule has 0 saturated carbocycles. The van der Waals surface area contributed by atoms with Crippen LogP contribution in [0.3, 0.4) is 0 Å². The van der Waals surface area contributed by atoms with Crippen molar-refractivity contribution < 1.29 is 0 Å². The van der Waals surface area contributed by atoms with Crippen molar-refractivity contribution in [2.24, 2.45) is 0 Å². The molecule has 0 heteroatoms. The van der Waals surface area contributed by atoms with E-state index >= 15 is 0 Å². The zero-order valence-electron chi connectivity index (χ0n) is 23.6. The fraction of sp³-hybridized carbons (Fsp3) is 0.0233. The third-order valence-corrected chi connectivity index (χ3v) is 9.75. The summed E-state index contributed by atoms with van der Waals surface area (Å²) in [5, 5.41) is 12.1. The molecule has 0 aliphatic heterocycles. The molecule has 8 aromatic carbocycles. The van der Waals surface area contributed by atoms with Gasteiger partial charge in [-0.3, -0.25) is 0 Å². The van der Waals surface area contributed by atoms with Crippen LogP contribution >= 0.6 is 0 Å². The quantitative estimate of drug-likeness (QED) is 0.151. The highest BCUT2D eigenvalue weighted by molar-refractivity contribution is 6.29. The second-order valence-electron chi connectivity index (χ2n) is 11.9. The Kier molecular flexibility index (Phi) is 4.59. The maximum absolute atomic E-state index is 2.50. The van der Waals surface area contributed by atoms with Crippen molar-refractivity contribution in [1.29, 1.82) is 0 Å². The number of fused-ring (bicyclic) bond motifs is 6. The molecule has 0 nitrogen and oxygen atoms in total. The van der Waals surface area contributed by atoms with E-state index in [9.17, 15) is 0 Å². The highest BCUT2D eigenvalue weighted by atomic mass is 14.4. The zero-order chi connectivity index (χ0) is 28.1. The Morgan fingerprint density at radius 2 is 0.930 bits per heavy atom. The van der Waals surface area contributed by atoms with Crippen molar-refractivity contribution in [1.82, 2.24) is 0 Å². The van der Waals surface area contributed by atoms with Gasteiger partial charge in [0.15, 0.2) is 0 Å². The number of hydrogen-bond acceptors (Lipinski definition) is 0. The van der Waals surface area contributed by atoms with Gasteiger partial charge in [0.25, 0.3) is 0 Å². The fourth-order valence-electron chi connectivity index (χ4n) is 8.14. The minimum atomic E-state index is 0.901. The van der Waals surface area contributed by atoms with E-state index in [0.29, 0.717) is 0 Å². The first-order valence-electron chi connectivity index (χ1n) is 15.2. The second kappa shape index (κ2) is 8.53. The summed E-state index contributed by atoms with van der Waals surface area (Å²) in [5.74, 6) is 0. The Morgan fingerprint density at radius 3 is 1.63 bits per heavy atom. The average Bonchev–Trinajstić information content (AvgIpc) is 3.25. The van der Waals surface area contributed by atoms with E-state index < -0.39 is 0 Å². The van der Waals surface area contributed by atoms with Gasteiger partial charge in [-0.25, -0.2) is 0 Å². The van der Waals surface area contributed by atoms with Crippen LogP contribution in [0.25, 0.3) is 88.1 Å². The summed E-state index contributed by atoms with van der Waals surface area (Å²) < 4.78 is 0. The molecule has 0 radical (unpaired) electrons. The SMILES string of the molecule is C1=C2c3c(c(-c4ccccc4)c4ccccc4c3-c3ccccc3)-c3ccc4c(c32)c(c2cccc3cccc4c32)=CC1. The van der Waals surface area contributed by atoms with E-state index in [1.54, 1.807) is 0 Å². The summed E-state index contributed by atoms with van der Waals surface area (Å²) in [6, 6.07) is 49.4. The van der Waals surface area contributed by atoms with Crippen LogP contribution in [0.15, 0.2) is 140 Å². The Bertz CT molecular complexity index is 2540. The Balaban J connectivity index is 1.47. The van der Waals surface area contributed by atoms with Crippen molar-refractivity contribution in [2.45, 2.75) is 6.42 Å². The zero-order valence-corrected chi connectivity index (χ0v) is 23.6. The molecule has 2 aliphatic carbocycles. The fourth-order valence-corrected chi connectivity index (χ4v) is 8.14. The van der Waals surface area contributed by atoms with Crippen LogP contribution in [0, 0.1) is 0 Å². The Hall–Kier alpha value is -5.46. The molecule has 0 unspecified atom stereocenters. The maximum atomic E-state index is 2.50. The van der Waals surface area contributed by atoms with E-state index in [1.165, 1.54) is 98.4 Å². The molecule has 0 saturated heterocycles. The molecule has 0 heterocycles. The molecule has 0 bridgehead atoms. The number of allylic oxidation sites excluding steroid dienone is 1. The van der Waals surface area contributed by atoms with Crippen molar-refractivity contribution in [3.05, 3.63) is 156 Å². The highest BCUT2D eigenvalue weighted by Gasteiger charge is 2.34. The molecule has 10 rings (SSSR count). The van der Waals surface area contributed by atoms with Gasteiger partial charge in [-0.2, -0.15) is 0 Å². The van der Waals surface area contributed by atoms with Gasteiger partial charge in [-0.15, -0.1) is 0 Å². The molecule has 2 aliphatic rings. The van der Waals surface area contributed by atoms with Gasteiger partial charge in [-0.1, -0.05) is 146 Å². The lowest BCUT2D eigenvalue weighted by atomic mass is 9.83. The van der Waals surface area contributed by atoms with Crippen molar-refractivity contribution in [3.63, 3.8) is 0 Å². The number of benzene rings is 8. The maximum Gasteiger partial charge on any atom is -0.000752 e. The predicted octanol–water partition coefficient (Wildman–Crippen LogP) is 10.9. The average molecular weight is 543 g/mol. The molecule has 198 valence electrons. The third kappa shape index (κ3) is 3.00. The van der Waals surface area contributed by atoms with Gasteiger partial charge in [0.05, 0.1) is 0 Å². The third-order valence-electron chi connectivity index (χ3n) is 9.75. The molecule has 8 aromatic rings. The molecule has 0 aromatic heterocycles. The van der Waals surface area contributed by atoms with Crippen LogP contribution in [0.2, 0.25) is 0 Å². The molecule has 0 N–H and O–H groups in total. The number of hydrogen-bond donors (Lipinski definition) is 0. The van der Waals surface area contributed by atoms with Crippen LogP contribution in [0.4, 0.5) is 0 Å². The van der Waals surface area contributed by atoms with Crippen LogP contribution in [0.5, 0.6) is 0 Å². The first-order valence-corrected chi connectivity index (χ1v) is 15.2. The van der Waals surface area contributed by atoms with Crippen molar-refractivity contribution in [3.8, 4) is 33.4 Å². The normalized spacial score (nSPS) is 13.3. The van der Waals surface area contributed by atoms with Crippen LogP contribution < -0.4 is 5.22 Å². The smallest absolute Gasteiger partial charge is 0.000752 e. The van der Waals surface area contributed by atoms with E-state index in [2.05, 4.69) is 146 Å². The van der Waals surface area contributed by atoms with E-state index in [-0.39, 0.29) is 0 Å². The summed E-state index contributed by atoms with van der Waals surface area (Å²) in [5.41, 5.74) is 12.1. The lowest BCUT2D eigenvalue weighted by Gasteiger charge is -2.20. The van der Waals surface area contributed by atoms with Gasteiger partial charge in [0.2, 0.25) is 0 Å². The van der Waals surface area contributed by atoms with Gasteiger partial charge in [-0.05, 0) is 105 Å². The topological polar surface area (TPSA) is 0 Å². The molecular formula is C43H26. The molecule has 0 amide bonds. The van der Waals surface area contributed by atoms with Crippen LogP contribution in [0.1, 0.15) is 17.5 Å². The lowest BCUT2D eigenvalue weighted by Crippen LogP contribution is -2.07. The predicted molar refractivity (Wildman–Crippen MR) is 184 cm³/mol. The van der Waals surface area contributed by atoms with Gasteiger partial charge < -0.3 is 0 Å². The monoisotopic (exact) mass is 542 g/mol. The number of rotatable bonds is 2. The minimum Gasteiger partial charge on any atom is -0.0722 e. The summed E-state index contributed by atoms with van der Waals surface area (Å²) in [6.07, 6.45) is 5.87. The first-order chi connectivity index (χ1) is 21.4. The summed E-state index contributed by atoms with van der Waals surface area (Å²) in [7, 11) is 0. The molecule has 0 fully saturated rings. The van der Waals surface area contributed by atoms with Crippen molar-refractivity contribution >= 4 is 54.7 Å². The highest BCUT2D eigenvalue weighted by Crippen LogP contribution is 2.57. The Morgan fingerprint density at radius 1 is 0.349 bits per heavy atom. The standard InChI is InChI=1S/C43H26/c1-3-12-27(13-4-1)38-31-18-7-8-19-32(31)39(28-14-5-2-6-15-28)43-36-25-24-34-30-21-10-17-26-16-9-20-29(37(26)30)33-22-11-23-35(42(38)43)41(36)40(33)34/h1-10,12-25H,11H2. The van der Waals surface area contributed by atoms with Crippen LogP contribution in [-0.4, -0.2) is 0 Å². The lowest BCUT2D eigenvalue weighted by molar-refractivity contribution is 1.49. The van der Waals surface area contributed by atoms with Gasteiger partial charge in [0, 0.05) is 0 Å². The summed E-state index contributed by atoms with van der Waals surface area (Å²) in [6.45, 7) is 0. The van der Waals surface area contributed by atoms with E-state index in [0.717, 1.165) is 6.42 Å².